The Kier molecular flexibility index (Phi) is 8.91. The molecule has 0 saturated carbocycles. The lowest BCUT2D eigenvalue weighted by molar-refractivity contribution is -0.120. The second kappa shape index (κ2) is 13.4. The zero-order valence-electron chi connectivity index (χ0n) is 26.2. The molecule has 6 rings (SSSR count). The van der Waals surface area contributed by atoms with Crippen LogP contribution < -0.4 is 10.9 Å². The van der Waals surface area contributed by atoms with E-state index >= 15 is 0 Å². The highest BCUT2D eigenvalue weighted by Gasteiger charge is 2.35. The molecule has 5 aromatic rings. The number of amides is 1. The average Bonchev–Trinajstić information content (AvgIpc) is 3.70. The van der Waals surface area contributed by atoms with Crippen LogP contribution in [0.4, 0.5) is 5.69 Å². The van der Waals surface area contributed by atoms with Crippen LogP contribution >= 0.6 is 0 Å². The number of carbonyl (C=O) groups is 2. The standard InChI is InChI=1S/C35H37N7O4/c1-4-10-30-28(21-23-16-18-24(19-17-23)25-11-6-7-12-26(25)32-37-39-40-38-32)34(44)42-31(20-15-22(3)41(30)42)33(43)36-29-14-9-8-13-27(29)35(45)46-5-2/h6-9,11-14,16-19,22,31H,4-5,10,15,20-21H2,1-3H3,(H,36,43)(H,37,38,39,40). The van der Waals surface area contributed by atoms with Crippen molar-refractivity contribution in [2.45, 2.75) is 65.0 Å². The zero-order valence-corrected chi connectivity index (χ0v) is 26.2. The first-order chi connectivity index (χ1) is 22.4. The SMILES string of the molecule is CCCc1c(Cc2ccc(-c3ccccc3-c3nn[nH]n3)cc2)c(=O)n2n1C(C)CCC2C(=O)Nc1ccccc1C(=O)OCC. The maximum absolute atomic E-state index is 14.2. The molecule has 0 spiro atoms. The van der Waals surface area contributed by atoms with Gasteiger partial charge in [0, 0.05) is 29.3 Å². The van der Waals surface area contributed by atoms with E-state index in [1.165, 1.54) is 0 Å². The molecule has 0 radical (unpaired) electrons. The quantitative estimate of drug-likeness (QED) is 0.190. The molecule has 0 aliphatic carbocycles. The predicted octanol–water partition coefficient (Wildman–Crippen LogP) is 5.75. The van der Waals surface area contributed by atoms with E-state index in [0.717, 1.165) is 47.2 Å². The van der Waals surface area contributed by atoms with Gasteiger partial charge in [-0.15, -0.1) is 10.2 Å². The molecule has 2 N–H and O–H groups in total. The van der Waals surface area contributed by atoms with Crippen LogP contribution in [0.15, 0.2) is 77.6 Å². The van der Waals surface area contributed by atoms with Crippen molar-refractivity contribution in [3.8, 4) is 22.5 Å². The summed E-state index contributed by atoms with van der Waals surface area (Å²) in [6.45, 7) is 6.15. The van der Waals surface area contributed by atoms with Crippen LogP contribution in [0.5, 0.6) is 0 Å². The summed E-state index contributed by atoms with van der Waals surface area (Å²) < 4.78 is 8.87. The highest BCUT2D eigenvalue weighted by molar-refractivity contribution is 6.02. The Hall–Kier alpha value is -5.32. The number of anilines is 1. The van der Waals surface area contributed by atoms with E-state index in [0.29, 0.717) is 29.9 Å². The molecule has 2 aromatic heterocycles. The van der Waals surface area contributed by atoms with Crippen LogP contribution in [-0.4, -0.2) is 48.5 Å². The molecule has 0 bridgehead atoms. The summed E-state index contributed by atoms with van der Waals surface area (Å²) in [6.07, 6.45) is 3.28. The number of carbonyl (C=O) groups excluding carboxylic acids is 2. The topological polar surface area (TPSA) is 137 Å². The van der Waals surface area contributed by atoms with E-state index in [1.807, 2.05) is 53.2 Å². The minimum atomic E-state index is -0.715. The lowest BCUT2D eigenvalue weighted by atomic mass is 9.96. The third kappa shape index (κ3) is 5.88. The van der Waals surface area contributed by atoms with Crippen LogP contribution in [0.3, 0.4) is 0 Å². The summed E-state index contributed by atoms with van der Waals surface area (Å²) >= 11 is 0. The van der Waals surface area contributed by atoms with E-state index in [1.54, 1.807) is 35.9 Å². The molecule has 2 unspecified atom stereocenters. The van der Waals surface area contributed by atoms with Gasteiger partial charge in [0.15, 0.2) is 0 Å². The van der Waals surface area contributed by atoms with Crippen molar-refractivity contribution in [1.29, 1.82) is 0 Å². The second-order valence-electron chi connectivity index (χ2n) is 11.5. The lowest BCUT2D eigenvalue weighted by Crippen LogP contribution is -2.40. The van der Waals surface area contributed by atoms with Gasteiger partial charge in [-0.1, -0.05) is 74.0 Å². The maximum atomic E-state index is 14.2. The molecule has 1 amide bonds. The Balaban J connectivity index is 1.32. The van der Waals surface area contributed by atoms with Crippen molar-refractivity contribution in [3.63, 3.8) is 0 Å². The summed E-state index contributed by atoms with van der Waals surface area (Å²) in [7, 11) is 0. The first kappa shape index (κ1) is 30.7. The third-order valence-electron chi connectivity index (χ3n) is 8.52. The van der Waals surface area contributed by atoms with Crippen LogP contribution in [0.1, 0.15) is 79.3 Å². The van der Waals surface area contributed by atoms with Gasteiger partial charge in [-0.05, 0) is 67.1 Å². The first-order valence-electron chi connectivity index (χ1n) is 15.7. The lowest BCUT2D eigenvalue weighted by Gasteiger charge is -2.32. The maximum Gasteiger partial charge on any atom is 0.340 e. The fourth-order valence-corrected chi connectivity index (χ4v) is 6.37. The molecule has 236 valence electrons. The van der Waals surface area contributed by atoms with Crippen LogP contribution in [0.2, 0.25) is 0 Å². The Morgan fingerprint density at radius 1 is 0.957 bits per heavy atom. The Labute approximate surface area is 266 Å². The fourth-order valence-electron chi connectivity index (χ4n) is 6.37. The second-order valence-corrected chi connectivity index (χ2v) is 11.5. The molecule has 1 aliphatic heterocycles. The van der Waals surface area contributed by atoms with Gasteiger partial charge in [0.2, 0.25) is 11.7 Å². The average molecular weight is 620 g/mol. The minimum absolute atomic E-state index is 0.0582. The Morgan fingerprint density at radius 2 is 1.70 bits per heavy atom. The molecule has 0 saturated heterocycles. The summed E-state index contributed by atoms with van der Waals surface area (Å²) in [6, 6.07) is 22.2. The number of para-hydroxylation sites is 1. The molecule has 11 heteroatoms. The van der Waals surface area contributed by atoms with Crippen molar-refractivity contribution in [1.82, 2.24) is 30.0 Å². The Morgan fingerprint density at radius 3 is 2.41 bits per heavy atom. The minimum Gasteiger partial charge on any atom is -0.462 e. The number of hydrogen-bond donors (Lipinski definition) is 2. The molecule has 3 aromatic carbocycles. The molecule has 11 nitrogen and oxygen atoms in total. The van der Waals surface area contributed by atoms with Crippen molar-refractivity contribution < 1.29 is 14.3 Å². The zero-order chi connectivity index (χ0) is 32.2. The van der Waals surface area contributed by atoms with E-state index in [2.05, 4.69) is 39.8 Å². The van der Waals surface area contributed by atoms with Crippen molar-refractivity contribution in [2.75, 3.05) is 11.9 Å². The summed E-state index contributed by atoms with van der Waals surface area (Å²) in [5, 5.41) is 17.4. The molecule has 0 fully saturated rings. The van der Waals surface area contributed by atoms with Gasteiger partial charge < -0.3 is 10.1 Å². The number of rotatable bonds is 10. The molecular formula is C35H37N7O4. The van der Waals surface area contributed by atoms with Gasteiger partial charge in [-0.3, -0.25) is 14.3 Å². The van der Waals surface area contributed by atoms with Gasteiger partial charge in [-0.25, -0.2) is 9.48 Å². The summed E-state index contributed by atoms with van der Waals surface area (Å²) in [5.74, 6) is -0.315. The number of nitrogens with one attached hydrogen (secondary N) is 2. The van der Waals surface area contributed by atoms with E-state index in [9.17, 15) is 14.4 Å². The number of esters is 1. The molecule has 2 atom stereocenters. The summed E-state index contributed by atoms with van der Waals surface area (Å²) in [5.41, 5.74) is 6.02. The third-order valence-corrected chi connectivity index (χ3v) is 8.52. The molecular weight excluding hydrogens is 582 g/mol. The number of nitrogens with zero attached hydrogens (tertiary/aromatic N) is 5. The van der Waals surface area contributed by atoms with Crippen LogP contribution in [-0.2, 0) is 22.4 Å². The van der Waals surface area contributed by atoms with Crippen molar-refractivity contribution in [3.05, 3.63) is 106 Å². The number of aromatic nitrogens is 6. The number of benzene rings is 3. The van der Waals surface area contributed by atoms with Crippen molar-refractivity contribution >= 4 is 17.6 Å². The number of fused-ring (bicyclic) bond motifs is 1. The molecule has 1 aliphatic rings. The number of ether oxygens (including phenoxy) is 1. The molecule has 46 heavy (non-hydrogen) atoms. The monoisotopic (exact) mass is 619 g/mol. The Bertz CT molecular complexity index is 1910. The highest BCUT2D eigenvalue weighted by Crippen LogP contribution is 2.33. The smallest absolute Gasteiger partial charge is 0.340 e. The number of aromatic amines is 1. The van der Waals surface area contributed by atoms with Gasteiger partial charge in [0.1, 0.15) is 6.04 Å². The number of hydrogen-bond acceptors (Lipinski definition) is 7. The van der Waals surface area contributed by atoms with E-state index < -0.39 is 12.0 Å². The van der Waals surface area contributed by atoms with Crippen LogP contribution in [0.25, 0.3) is 22.5 Å². The van der Waals surface area contributed by atoms with E-state index in [-0.39, 0.29) is 29.7 Å². The van der Waals surface area contributed by atoms with Crippen molar-refractivity contribution in [2.24, 2.45) is 0 Å². The van der Waals surface area contributed by atoms with E-state index in [4.69, 9.17) is 4.74 Å². The molecule has 3 heterocycles. The summed E-state index contributed by atoms with van der Waals surface area (Å²) in [4.78, 5) is 40.6. The van der Waals surface area contributed by atoms with Gasteiger partial charge in [-0.2, -0.15) is 5.21 Å². The normalized spacial score (nSPS) is 15.7. The van der Waals surface area contributed by atoms with Gasteiger partial charge in [0.05, 0.1) is 17.9 Å². The number of tetrazole rings is 1. The van der Waals surface area contributed by atoms with Gasteiger partial charge >= 0.3 is 5.97 Å². The largest absolute Gasteiger partial charge is 0.462 e. The number of H-pyrrole nitrogens is 1. The highest BCUT2D eigenvalue weighted by atomic mass is 16.5. The fraction of sp³-hybridized carbons (Fsp3) is 0.314. The van der Waals surface area contributed by atoms with Crippen LogP contribution in [0, 0.1) is 0 Å². The first-order valence-corrected chi connectivity index (χ1v) is 15.7. The van der Waals surface area contributed by atoms with Gasteiger partial charge in [0.25, 0.3) is 5.56 Å². The predicted molar refractivity (Wildman–Crippen MR) is 175 cm³/mol.